The van der Waals surface area contributed by atoms with Crippen LogP contribution in [-0.4, -0.2) is 37.3 Å². The number of hydrogen-bond donors (Lipinski definition) is 0. The number of benzodiazepines with no additional fused rings is 1. The zero-order valence-electron chi connectivity index (χ0n) is 16.2. The van der Waals surface area contributed by atoms with Crippen LogP contribution in [-0.2, 0) is 14.3 Å². The normalized spacial score (nSPS) is 17.4. The van der Waals surface area contributed by atoms with E-state index in [1.54, 1.807) is 0 Å². The lowest BCUT2D eigenvalue weighted by Gasteiger charge is -2.26. The van der Waals surface area contributed by atoms with E-state index in [9.17, 15) is 9.59 Å². The number of methoxy groups -OCH3 is 1. The summed E-state index contributed by atoms with van der Waals surface area (Å²) in [6, 6.07) is 14.9. The lowest BCUT2D eigenvalue weighted by atomic mass is 9.98. The topological polar surface area (TPSA) is 59.0 Å². The molecule has 2 aromatic rings. The summed E-state index contributed by atoms with van der Waals surface area (Å²) < 4.78 is 5.71. The number of anilines is 1. The van der Waals surface area contributed by atoms with Crippen LogP contribution < -0.4 is 4.90 Å². The third-order valence-corrected chi connectivity index (χ3v) is 5.53. The maximum atomic E-state index is 13.4. The van der Waals surface area contributed by atoms with Gasteiger partial charge in [0.05, 0.1) is 18.5 Å². The number of hydrogen-bond acceptors (Lipinski definition) is 4. The molecule has 6 heteroatoms. The number of benzene rings is 2. The van der Waals surface area contributed by atoms with Crippen molar-refractivity contribution in [3.05, 3.63) is 64.1 Å². The van der Waals surface area contributed by atoms with Crippen LogP contribution in [0.3, 0.4) is 0 Å². The molecule has 1 heterocycles. The molecule has 0 radical (unpaired) electrons. The van der Waals surface area contributed by atoms with Crippen molar-refractivity contribution in [2.45, 2.75) is 26.3 Å². The molecular formula is C22H23BrN2O3. The second-order valence-corrected chi connectivity index (χ2v) is 7.75. The highest BCUT2D eigenvalue weighted by Gasteiger charge is 2.35. The lowest BCUT2D eigenvalue weighted by molar-refractivity contribution is -0.140. The highest BCUT2D eigenvalue weighted by atomic mass is 79.9. The first-order chi connectivity index (χ1) is 13.5. The molecular weight excluding hydrogens is 420 g/mol. The largest absolute Gasteiger partial charge is 0.468 e. The first kappa shape index (κ1) is 20.3. The maximum Gasteiger partial charge on any atom is 0.325 e. The molecule has 0 aromatic heterocycles. The van der Waals surface area contributed by atoms with Crippen molar-refractivity contribution in [2.75, 3.05) is 18.6 Å². The van der Waals surface area contributed by atoms with E-state index in [1.807, 2.05) is 62.4 Å². The Morgan fingerprint density at radius 3 is 2.61 bits per heavy atom. The highest BCUT2D eigenvalue weighted by molar-refractivity contribution is 9.10. The molecule has 5 nitrogen and oxygen atoms in total. The molecule has 146 valence electrons. The molecule has 1 aliphatic rings. The molecule has 0 saturated heterocycles. The van der Waals surface area contributed by atoms with Crippen molar-refractivity contribution in [3.8, 4) is 0 Å². The number of esters is 1. The summed E-state index contributed by atoms with van der Waals surface area (Å²) in [6.07, 6.45) is 0.800. The summed E-state index contributed by atoms with van der Waals surface area (Å²) in [5.74, 6) is -0.619. The molecule has 0 fully saturated rings. The minimum absolute atomic E-state index is 0.0316. The lowest BCUT2D eigenvalue weighted by Crippen LogP contribution is -2.43. The number of nitrogens with zero attached hydrogens (tertiary/aromatic N) is 2. The fraction of sp³-hybridized carbons (Fsp3) is 0.318. The van der Waals surface area contributed by atoms with E-state index in [2.05, 4.69) is 15.9 Å². The molecule has 0 aliphatic carbocycles. The van der Waals surface area contributed by atoms with Gasteiger partial charge in [-0.1, -0.05) is 66.5 Å². The summed E-state index contributed by atoms with van der Waals surface area (Å²) >= 11 is 3.52. The van der Waals surface area contributed by atoms with E-state index in [0.717, 1.165) is 27.7 Å². The number of amides is 1. The zero-order valence-corrected chi connectivity index (χ0v) is 17.8. The first-order valence-corrected chi connectivity index (χ1v) is 10.1. The van der Waals surface area contributed by atoms with Crippen molar-refractivity contribution >= 4 is 39.2 Å². The van der Waals surface area contributed by atoms with Crippen molar-refractivity contribution in [2.24, 2.45) is 10.9 Å². The van der Waals surface area contributed by atoms with Gasteiger partial charge in [0, 0.05) is 15.6 Å². The van der Waals surface area contributed by atoms with Gasteiger partial charge in [-0.2, -0.15) is 0 Å². The van der Waals surface area contributed by atoms with Crippen LogP contribution >= 0.6 is 15.9 Å². The molecule has 3 rings (SSSR count). The number of aliphatic imine (C=N–C) groups is 1. The summed E-state index contributed by atoms with van der Waals surface area (Å²) in [5.41, 5.74) is 3.15. The predicted molar refractivity (Wildman–Crippen MR) is 114 cm³/mol. The van der Waals surface area contributed by atoms with Crippen molar-refractivity contribution in [1.82, 2.24) is 0 Å². The Balaban J connectivity index is 2.25. The van der Waals surface area contributed by atoms with E-state index in [-0.39, 0.29) is 18.4 Å². The van der Waals surface area contributed by atoms with Crippen molar-refractivity contribution < 1.29 is 14.3 Å². The minimum atomic E-state index is -0.573. The van der Waals surface area contributed by atoms with Gasteiger partial charge in [0.1, 0.15) is 12.6 Å². The van der Waals surface area contributed by atoms with Crippen LogP contribution in [0.25, 0.3) is 0 Å². The van der Waals surface area contributed by atoms with E-state index in [0.29, 0.717) is 5.69 Å². The van der Waals surface area contributed by atoms with Gasteiger partial charge in [0.2, 0.25) is 0 Å². The number of rotatable bonds is 5. The molecule has 0 bridgehead atoms. The second kappa shape index (κ2) is 8.69. The van der Waals surface area contributed by atoms with E-state index < -0.39 is 12.0 Å². The van der Waals surface area contributed by atoms with Crippen molar-refractivity contribution in [3.63, 3.8) is 0 Å². The second-order valence-electron chi connectivity index (χ2n) is 6.84. The van der Waals surface area contributed by atoms with Crippen LogP contribution in [0.15, 0.2) is 58.0 Å². The molecule has 28 heavy (non-hydrogen) atoms. The van der Waals surface area contributed by atoms with Gasteiger partial charge < -0.3 is 4.74 Å². The number of ether oxygens (including phenoxy) is 1. The van der Waals surface area contributed by atoms with Gasteiger partial charge in [0.25, 0.3) is 5.91 Å². The van der Waals surface area contributed by atoms with Crippen LogP contribution in [0.4, 0.5) is 5.69 Å². The summed E-state index contributed by atoms with van der Waals surface area (Å²) in [7, 11) is 1.32. The zero-order chi connectivity index (χ0) is 20.3. The highest BCUT2D eigenvalue weighted by Crippen LogP contribution is 2.33. The van der Waals surface area contributed by atoms with E-state index >= 15 is 0 Å². The maximum absolute atomic E-state index is 13.4. The fourth-order valence-corrected chi connectivity index (χ4v) is 3.61. The van der Waals surface area contributed by atoms with Crippen LogP contribution in [0.5, 0.6) is 0 Å². The molecule has 0 saturated carbocycles. The smallest absolute Gasteiger partial charge is 0.325 e. The van der Waals surface area contributed by atoms with Crippen LogP contribution in [0.1, 0.15) is 31.4 Å². The Kier molecular flexibility index (Phi) is 6.29. The quantitative estimate of drug-likeness (QED) is 0.651. The number of halogens is 1. The molecule has 2 atom stereocenters. The molecule has 0 unspecified atom stereocenters. The van der Waals surface area contributed by atoms with Gasteiger partial charge >= 0.3 is 5.97 Å². The minimum Gasteiger partial charge on any atom is -0.468 e. The third-order valence-electron chi connectivity index (χ3n) is 5.04. The Hall–Kier alpha value is -2.47. The third kappa shape index (κ3) is 4.02. The van der Waals surface area contributed by atoms with Gasteiger partial charge in [0.15, 0.2) is 0 Å². The van der Waals surface area contributed by atoms with Crippen LogP contribution in [0.2, 0.25) is 0 Å². The molecule has 2 aromatic carbocycles. The number of carbonyl (C=O) groups excluding carboxylic acids is 2. The Labute approximate surface area is 173 Å². The van der Waals surface area contributed by atoms with E-state index in [4.69, 9.17) is 9.73 Å². The molecule has 0 spiro atoms. The Morgan fingerprint density at radius 2 is 1.96 bits per heavy atom. The molecule has 1 aliphatic heterocycles. The average molecular weight is 443 g/mol. The van der Waals surface area contributed by atoms with Gasteiger partial charge in [-0.3, -0.25) is 19.5 Å². The fourth-order valence-electron chi connectivity index (χ4n) is 3.25. The SMILES string of the molecule is CC[C@H](C)[C@@H]1N=C(c2ccccc2)c2cc(Br)ccc2N(CC(=O)OC)C1=O. The monoisotopic (exact) mass is 442 g/mol. The summed E-state index contributed by atoms with van der Waals surface area (Å²) in [4.78, 5) is 31.9. The van der Waals surface area contributed by atoms with Gasteiger partial charge in [-0.05, 0) is 24.1 Å². The summed E-state index contributed by atoms with van der Waals surface area (Å²) in [5, 5.41) is 0. The standard InChI is InChI=1S/C22H23BrN2O3/c1-4-14(2)20-22(27)25(13-19(26)28-3)18-11-10-16(23)12-17(18)21(24-20)15-8-6-5-7-9-15/h5-12,14,20H,4,13H2,1-3H3/t14-,20-/m0/s1. The first-order valence-electron chi connectivity index (χ1n) is 9.27. The molecule has 0 N–H and O–H groups in total. The number of carbonyl (C=O) groups is 2. The Morgan fingerprint density at radius 1 is 1.25 bits per heavy atom. The van der Waals surface area contributed by atoms with Gasteiger partial charge in [-0.25, -0.2) is 0 Å². The predicted octanol–water partition coefficient (Wildman–Crippen LogP) is 4.22. The van der Waals surface area contributed by atoms with Gasteiger partial charge in [-0.15, -0.1) is 0 Å². The summed E-state index contributed by atoms with van der Waals surface area (Å²) in [6.45, 7) is 3.90. The molecule has 1 amide bonds. The average Bonchev–Trinajstić information content (AvgIpc) is 2.83. The van der Waals surface area contributed by atoms with Crippen LogP contribution in [0, 0.1) is 5.92 Å². The number of fused-ring (bicyclic) bond motifs is 1. The van der Waals surface area contributed by atoms with E-state index in [1.165, 1.54) is 12.0 Å². The van der Waals surface area contributed by atoms with Crippen molar-refractivity contribution in [1.29, 1.82) is 0 Å². The Bertz CT molecular complexity index is 911.